The van der Waals surface area contributed by atoms with Gasteiger partial charge in [0.25, 0.3) is 10.0 Å². The molecule has 2 heterocycles. The third kappa shape index (κ3) is 2.98. The van der Waals surface area contributed by atoms with Crippen molar-refractivity contribution in [1.82, 2.24) is 4.31 Å². The summed E-state index contributed by atoms with van der Waals surface area (Å²) in [5.74, 6) is 0.0216. The van der Waals surface area contributed by atoms with Gasteiger partial charge in [-0.05, 0) is 46.8 Å². The Labute approximate surface area is 124 Å². The molecule has 8 heteroatoms. The van der Waals surface area contributed by atoms with Gasteiger partial charge < -0.3 is 0 Å². The number of sulfonamides is 1. The third-order valence-corrected chi connectivity index (χ3v) is 7.10. The fourth-order valence-electron chi connectivity index (χ4n) is 2.19. The molecule has 0 radical (unpaired) electrons. The molecule has 0 bridgehead atoms. The van der Waals surface area contributed by atoms with Crippen LogP contribution in [-0.4, -0.2) is 31.5 Å². The van der Waals surface area contributed by atoms with E-state index < -0.39 is 16.2 Å². The molecule has 1 saturated heterocycles. The standard InChI is InChI=1S/C11H13BrN2O3S2/c1-8-3-2-6-14(11(8)13-7-15)19(16,17)10-5-4-9(12)18-10/h4-5,8,11H,2-3,6H2,1H3. The van der Waals surface area contributed by atoms with E-state index in [0.29, 0.717) is 6.54 Å². The van der Waals surface area contributed by atoms with Crippen LogP contribution in [0.15, 0.2) is 25.1 Å². The zero-order valence-corrected chi connectivity index (χ0v) is 13.5. The number of aliphatic imine (C=N–C) groups is 1. The monoisotopic (exact) mass is 364 g/mol. The molecule has 0 spiro atoms. The van der Waals surface area contributed by atoms with Crippen LogP contribution in [0.4, 0.5) is 0 Å². The molecule has 1 aliphatic rings. The number of carbonyl (C=O) groups excluding carboxylic acids is 1. The lowest BCUT2D eigenvalue weighted by Crippen LogP contribution is -2.46. The molecular formula is C11H13BrN2O3S2. The summed E-state index contributed by atoms with van der Waals surface area (Å²) in [7, 11) is -3.60. The van der Waals surface area contributed by atoms with Crippen LogP contribution in [0.2, 0.25) is 0 Å². The summed E-state index contributed by atoms with van der Waals surface area (Å²) in [6, 6.07) is 3.26. The van der Waals surface area contributed by atoms with Crippen LogP contribution in [-0.2, 0) is 14.8 Å². The predicted molar refractivity (Wildman–Crippen MR) is 76.2 cm³/mol. The fourth-order valence-corrected chi connectivity index (χ4v) is 5.99. The maximum absolute atomic E-state index is 12.6. The number of hydrogen-bond donors (Lipinski definition) is 0. The maximum atomic E-state index is 12.6. The maximum Gasteiger partial charge on any atom is 0.254 e. The van der Waals surface area contributed by atoms with Crippen LogP contribution in [0, 0.1) is 5.92 Å². The highest BCUT2D eigenvalue weighted by Crippen LogP contribution is 2.33. The zero-order chi connectivity index (χ0) is 14.0. The van der Waals surface area contributed by atoms with Gasteiger partial charge in [0.2, 0.25) is 6.08 Å². The number of piperidine rings is 1. The van der Waals surface area contributed by atoms with E-state index >= 15 is 0 Å². The number of nitrogens with zero attached hydrogens (tertiary/aromatic N) is 2. The van der Waals surface area contributed by atoms with Crippen molar-refractivity contribution in [3.05, 3.63) is 15.9 Å². The van der Waals surface area contributed by atoms with Gasteiger partial charge in [-0.25, -0.2) is 13.2 Å². The second kappa shape index (κ2) is 5.85. The molecule has 0 aromatic carbocycles. The van der Waals surface area contributed by atoms with Crippen molar-refractivity contribution in [2.75, 3.05) is 6.54 Å². The molecule has 19 heavy (non-hydrogen) atoms. The average molecular weight is 365 g/mol. The minimum atomic E-state index is -3.60. The van der Waals surface area contributed by atoms with Crippen molar-refractivity contribution >= 4 is 43.4 Å². The molecule has 104 valence electrons. The Morgan fingerprint density at radius 1 is 1.53 bits per heavy atom. The summed E-state index contributed by atoms with van der Waals surface area (Å²) in [5, 5.41) is 0. The Hall–Kier alpha value is -0.530. The fraction of sp³-hybridized carbons (Fsp3) is 0.545. The Kier molecular flexibility index (Phi) is 4.58. The van der Waals surface area contributed by atoms with Gasteiger partial charge in [0.1, 0.15) is 10.4 Å². The van der Waals surface area contributed by atoms with Crippen LogP contribution in [0.1, 0.15) is 19.8 Å². The molecule has 1 aromatic rings. The minimum Gasteiger partial charge on any atom is -0.211 e. The molecule has 1 aromatic heterocycles. The first-order valence-corrected chi connectivity index (χ1v) is 8.86. The number of thiophene rings is 1. The highest BCUT2D eigenvalue weighted by Gasteiger charge is 2.38. The number of halogens is 1. The van der Waals surface area contributed by atoms with Crippen molar-refractivity contribution in [1.29, 1.82) is 0 Å². The summed E-state index contributed by atoms with van der Waals surface area (Å²) in [6.07, 6.45) is 2.48. The van der Waals surface area contributed by atoms with Crippen LogP contribution in [0.3, 0.4) is 0 Å². The molecule has 2 unspecified atom stereocenters. The van der Waals surface area contributed by atoms with Crippen LogP contribution in [0.25, 0.3) is 0 Å². The van der Waals surface area contributed by atoms with Crippen molar-refractivity contribution in [2.24, 2.45) is 10.9 Å². The van der Waals surface area contributed by atoms with Crippen LogP contribution >= 0.6 is 27.3 Å². The first kappa shape index (κ1) is 14.9. The topological polar surface area (TPSA) is 66.8 Å². The second-order valence-corrected chi connectivity index (χ2v) is 9.01. The zero-order valence-electron chi connectivity index (χ0n) is 10.2. The second-order valence-electron chi connectivity index (χ2n) is 4.43. The quantitative estimate of drug-likeness (QED) is 0.611. The molecule has 0 N–H and O–H groups in total. The van der Waals surface area contributed by atoms with Crippen LogP contribution < -0.4 is 0 Å². The summed E-state index contributed by atoms with van der Waals surface area (Å²) >= 11 is 4.41. The van der Waals surface area contributed by atoms with Gasteiger partial charge in [0, 0.05) is 6.54 Å². The molecule has 0 saturated carbocycles. The summed E-state index contributed by atoms with van der Waals surface area (Å²) in [6.45, 7) is 2.29. The summed E-state index contributed by atoms with van der Waals surface area (Å²) < 4.78 is 27.4. The molecule has 0 aliphatic carbocycles. The highest BCUT2D eigenvalue weighted by molar-refractivity contribution is 9.11. The normalized spacial score (nSPS) is 24.9. The van der Waals surface area contributed by atoms with E-state index in [2.05, 4.69) is 20.9 Å². The smallest absolute Gasteiger partial charge is 0.211 e. The highest BCUT2D eigenvalue weighted by atomic mass is 79.9. The van der Waals surface area contributed by atoms with E-state index in [-0.39, 0.29) is 10.1 Å². The van der Waals surface area contributed by atoms with Gasteiger partial charge in [-0.15, -0.1) is 11.3 Å². The van der Waals surface area contributed by atoms with E-state index in [4.69, 9.17) is 0 Å². The van der Waals surface area contributed by atoms with Crippen molar-refractivity contribution in [3.8, 4) is 0 Å². The lowest BCUT2D eigenvalue weighted by atomic mass is 9.98. The molecule has 1 aliphatic heterocycles. The first-order valence-electron chi connectivity index (χ1n) is 5.81. The summed E-state index contributed by atoms with van der Waals surface area (Å²) in [5.41, 5.74) is 0. The van der Waals surface area contributed by atoms with Crippen molar-refractivity contribution in [2.45, 2.75) is 30.1 Å². The van der Waals surface area contributed by atoms with Crippen LogP contribution in [0.5, 0.6) is 0 Å². The van der Waals surface area contributed by atoms with Gasteiger partial charge in [0.15, 0.2) is 0 Å². The molecule has 0 amide bonds. The first-order chi connectivity index (χ1) is 8.96. The van der Waals surface area contributed by atoms with Gasteiger partial charge in [-0.2, -0.15) is 9.30 Å². The van der Waals surface area contributed by atoms with E-state index in [9.17, 15) is 13.2 Å². The van der Waals surface area contributed by atoms with Crippen molar-refractivity contribution in [3.63, 3.8) is 0 Å². The molecule has 5 nitrogen and oxygen atoms in total. The predicted octanol–water partition coefficient (Wildman–Crippen LogP) is 2.59. The van der Waals surface area contributed by atoms with Gasteiger partial charge in [0.05, 0.1) is 3.79 Å². The molecule has 2 rings (SSSR count). The number of isocyanates is 1. The minimum absolute atomic E-state index is 0.0216. The average Bonchev–Trinajstić information content (AvgIpc) is 2.79. The van der Waals surface area contributed by atoms with Gasteiger partial charge in [-0.1, -0.05) is 6.92 Å². The SMILES string of the molecule is CC1CCCN(S(=O)(=O)c2ccc(Br)s2)C1N=C=O. The third-order valence-electron chi connectivity index (χ3n) is 3.14. The summed E-state index contributed by atoms with van der Waals surface area (Å²) in [4.78, 5) is 14.2. The number of rotatable bonds is 3. The molecule has 1 fully saturated rings. The van der Waals surface area contributed by atoms with E-state index in [1.54, 1.807) is 12.1 Å². The largest absolute Gasteiger partial charge is 0.254 e. The molecular weight excluding hydrogens is 352 g/mol. The molecule has 2 atom stereocenters. The van der Waals surface area contributed by atoms with Crippen molar-refractivity contribution < 1.29 is 13.2 Å². The Bertz CT molecular complexity index is 607. The van der Waals surface area contributed by atoms with Gasteiger partial charge in [-0.3, -0.25) is 0 Å². The van der Waals surface area contributed by atoms with Gasteiger partial charge >= 0.3 is 0 Å². The Balaban J connectivity index is 2.40. The van der Waals surface area contributed by atoms with E-state index in [1.165, 1.54) is 10.4 Å². The lowest BCUT2D eigenvalue weighted by Gasteiger charge is -2.35. The lowest BCUT2D eigenvalue weighted by molar-refractivity contribution is 0.194. The number of hydrogen-bond acceptors (Lipinski definition) is 5. The van der Waals surface area contributed by atoms with E-state index in [1.807, 2.05) is 6.92 Å². The Morgan fingerprint density at radius 2 is 2.26 bits per heavy atom. The van der Waals surface area contributed by atoms with E-state index in [0.717, 1.165) is 28.0 Å². The Morgan fingerprint density at radius 3 is 2.84 bits per heavy atom.